The number of amides is 1. The number of nitrogens with zero attached hydrogens (tertiary/aromatic N) is 1. The molecular weight excluding hydrogens is 364 g/mol. The molecule has 1 aliphatic rings. The van der Waals surface area contributed by atoms with Gasteiger partial charge in [0, 0.05) is 11.5 Å². The number of benzene rings is 3. The number of nitriles is 1. The SMILES string of the molecule is COC(=O)[C@H](NC(=O)c1ccc(C#N)cc1)C1c2ccccc2-c2ccccc21. The second kappa shape index (κ2) is 7.61. The zero-order valence-electron chi connectivity index (χ0n) is 15.8. The summed E-state index contributed by atoms with van der Waals surface area (Å²) in [6.45, 7) is 0. The van der Waals surface area contributed by atoms with E-state index in [1.165, 1.54) is 7.11 Å². The van der Waals surface area contributed by atoms with Crippen LogP contribution in [-0.2, 0) is 9.53 Å². The van der Waals surface area contributed by atoms with E-state index in [2.05, 4.69) is 5.32 Å². The van der Waals surface area contributed by atoms with E-state index in [1.807, 2.05) is 54.6 Å². The lowest BCUT2D eigenvalue weighted by atomic mass is 9.89. The van der Waals surface area contributed by atoms with Gasteiger partial charge in [0.15, 0.2) is 0 Å². The molecule has 1 aliphatic carbocycles. The van der Waals surface area contributed by atoms with E-state index in [0.29, 0.717) is 11.1 Å². The van der Waals surface area contributed by atoms with Crippen LogP contribution < -0.4 is 5.32 Å². The normalized spacial score (nSPS) is 13.0. The minimum atomic E-state index is -0.882. The van der Waals surface area contributed by atoms with E-state index in [1.54, 1.807) is 24.3 Å². The number of ether oxygens (including phenoxy) is 1. The third-order valence-electron chi connectivity index (χ3n) is 5.23. The molecule has 0 heterocycles. The molecule has 0 fully saturated rings. The number of carbonyl (C=O) groups is 2. The summed E-state index contributed by atoms with van der Waals surface area (Å²) in [6.07, 6.45) is 0. The van der Waals surface area contributed by atoms with Crippen molar-refractivity contribution in [3.05, 3.63) is 95.1 Å². The summed E-state index contributed by atoms with van der Waals surface area (Å²) in [5, 5.41) is 11.8. The summed E-state index contributed by atoms with van der Waals surface area (Å²) in [6, 6.07) is 23.2. The number of methoxy groups -OCH3 is 1. The molecule has 1 amide bonds. The Morgan fingerprint density at radius 2 is 1.48 bits per heavy atom. The smallest absolute Gasteiger partial charge is 0.329 e. The molecule has 0 unspecified atom stereocenters. The fourth-order valence-corrected chi connectivity index (χ4v) is 3.88. The molecule has 0 radical (unpaired) electrons. The van der Waals surface area contributed by atoms with Crippen LogP contribution in [0, 0.1) is 11.3 Å². The van der Waals surface area contributed by atoms with E-state index >= 15 is 0 Å². The third kappa shape index (κ3) is 3.26. The summed E-state index contributed by atoms with van der Waals surface area (Å²) in [5.74, 6) is -1.26. The van der Waals surface area contributed by atoms with Crippen LogP contribution in [-0.4, -0.2) is 25.0 Å². The van der Waals surface area contributed by atoms with Gasteiger partial charge in [-0.25, -0.2) is 4.79 Å². The van der Waals surface area contributed by atoms with Crippen LogP contribution in [0.2, 0.25) is 0 Å². The second-order valence-corrected chi connectivity index (χ2v) is 6.82. The molecule has 0 aliphatic heterocycles. The number of carbonyl (C=O) groups excluding carboxylic acids is 2. The highest BCUT2D eigenvalue weighted by Crippen LogP contribution is 2.46. The average molecular weight is 382 g/mol. The maximum absolute atomic E-state index is 12.9. The number of hydrogen-bond acceptors (Lipinski definition) is 4. The Bertz CT molecular complexity index is 1080. The van der Waals surface area contributed by atoms with Crippen molar-refractivity contribution in [2.45, 2.75) is 12.0 Å². The Labute approximate surface area is 168 Å². The topological polar surface area (TPSA) is 79.2 Å². The Morgan fingerprint density at radius 3 is 2.00 bits per heavy atom. The molecule has 3 aromatic rings. The van der Waals surface area contributed by atoms with Crippen LogP contribution in [0.1, 0.15) is 33.0 Å². The maximum Gasteiger partial charge on any atom is 0.329 e. The maximum atomic E-state index is 12.9. The lowest BCUT2D eigenvalue weighted by molar-refractivity contribution is -0.143. The van der Waals surface area contributed by atoms with Crippen LogP contribution in [0.3, 0.4) is 0 Å². The van der Waals surface area contributed by atoms with Crippen molar-refractivity contribution in [1.29, 1.82) is 5.26 Å². The second-order valence-electron chi connectivity index (χ2n) is 6.82. The zero-order valence-corrected chi connectivity index (χ0v) is 15.8. The molecule has 1 N–H and O–H groups in total. The molecule has 0 bridgehead atoms. The summed E-state index contributed by atoms with van der Waals surface area (Å²) >= 11 is 0. The number of fused-ring (bicyclic) bond motifs is 3. The van der Waals surface area contributed by atoms with Gasteiger partial charge in [0.25, 0.3) is 5.91 Å². The van der Waals surface area contributed by atoms with E-state index < -0.39 is 17.9 Å². The van der Waals surface area contributed by atoms with Crippen LogP contribution in [0.4, 0.5) is 0 Å². The summed E-state index contributed by atoms with van der Waals surface area (Å²) < 4.78 is 5.03. The van der Waals surface area contributed by atoms with E-state index in [4.69, 9.17) is 10.00 Å². The monoisotopic (exact) mass is 382 g/mol. The van der Waals surface area contributed by atoms with Gasteiger partial charge >= 0.3 is 5.97 Å². The molecule has 3 aromatic carbocycles. The van der Waals surface area contributed by atoms with Crippen molar-refractivity contribution in [3.63, 3.8) is 0 Å². The van der Waals surface area contributed by atoms with Gasteiger partial charge in [-0.2, -0.15) is 5.26 Å². The highest BCUT2D eigenvalue weighted by Gasteiger charge is 2.39. The Balaban J connectivity index is 1.73. The van der Waals surface area contributed by atoms with Crippen molar-refractivity contribution in [1.82, 2.24) is 5.32 Å². The molecule has 0 spiro atoms. The Kier molecular flexibility index (Phi) is 4.84. The molecule has 1 atom stereocenters. The van der Waals surface area contributed by atoms with Crippen LogP contribution in [0.5, 0.6) is 0 Å². The first-order valence-corrected chi connectivity index (χ1v) is 9.21. The molecule has 4 rings (SSSR count). The van der Waals surface area contributed by atoms with Gasteiger partial charge in [0.05, 0.1) is 18.7 Å². The van der Waals surface area contributed by atoms with Gasteiger partial charge in [-0.05, 0) is 46.5 Å². The molecule has 29 heavy (non-hydrogen) atoms. The standard InChI is InChI=1S/C24H18N2O3/c1-29-24(28)22(26-23(27)16-12-10-15(14-25)11-13-16)21-19-8-4-2-6-17(19)18-7-3-5-9-20(18)21/h2-13,21-22H,1H3,(H,26,27)/t22-/m1/s1. The van der Waals surface area contributed by atoms with Gasteiger partial charge in [-0.3, -0.25) is 4.79 Å². The summed E-state index contributed by atoms with van der Waals surface area (Å²) in [4.78, 5) is 25.6. The number of hydrogen-bond donors (Lipinski definition) is 1. The van der Waals surface area contributed by atoms with Gasteiger partial charge in [-0.1, -0.05) is 48.5 Å². The Hall–Kier alpha value is -3.91. The van der Waals surface area contributed by atoms with Crippen molar-refractivity contribution >= 4 is 11.9 Å². The van der Waals surface area contributed by atoms with Crippen LogP contribution >= 0.6 is 0 Å². The van der Waals surface area contributed by atoms with Crippen molar-refractivity contribution in [2.75, 3.05) is 7.11 Å². The fraction of sp³-hybridized carbons (Fsp3) is 0.125. The predicted molar refractivity (Wildman–Crippen MR) is 108 cm³/mol. The lowest BCUT2D eigenvalue weighted by Gasteiger charge is -2.24. The van der Waals surface area contributed by atoms with Gasteiger partial charge in [0.1, 0.15) is 6.04 Å². The van der Waals surface area contributed by atoms with Crippen LogP contribution in [0.25, 0.3) is 11.1 Å². The Morgan fingerprint density at radius 1 is 0.931 bits per heavy atom. The lowest BCUT2D eigenvalue weighted by Crippen LogP contribution is -2.45. The molecule has 5 heteroatoms. The first-order valence-electron chi connectivity index (χ1n) is 9.21. The molecule has 142 valence electrons. The molecule has 0 saturated heterocycles. The van der Waals surface area contributed by atoms with Gasteiger partial charge in [-0.15, -0.1) is 0 Å². The van der Waals surface area contributed by atoms with Gasteiger partial charge in [0.2, 0.25) is 0 Å². The fourth-order valence-electron chi connectivity index (χ4n) is 3.88. The molecule has 0 aromatic heterocycles. The average Bonchev–Trinajstić information content (AvgIpc) is 3.11. The quantitative estimate of drug-likeness (QED) is 0.699. The highest BCUT2D eigenvalue weighted by atomic mass is 16.5. The summed E-state index contributed by atoms with van der Waals surface area (Å²) in [7, 11) is 1.32. The largest absolute Gasteiger partial charge is 0.467 e. The van der Waals surface area contributed by atoms with Gasteiger partial charge < -0.3 is 10.1 Å². The highest BCUT2D eigenvalue weighted by molar-refractivity contribution is 5.98. The zero-order chi connectivity index (χ0) is 20.4. The van der Waals surface area contributed by atoms with Crippen molar-refractivity contribution < 1.29 is 14.3 Å². The first-order chi connectivity index (χ1) is 14.1. The number of nitrogens with one attached hydrogen (secondary N) is 1. The minimum absolute atomic E-state index is 0.350. The number of rotatable bonds is 4. The van der Waals surface area contributed by atoms with E-state index in [9.17, 15) is 9.59 Å². The molecular formula is C24H18N2O3. The van der Waals surface area contributed by atoms with Crippen LogP contribution in [0.15, 0.2) is 72.8 Å². The predicted octanol–water partition coefficient (Wildman–Crippen LogP) is 3.64. The first kappa shape index (κ1) is 18.5. The minimum Gasteiger partial charge on any atom is -0.467 e. The molecule has 0 saturated carbocycles. The molecule has 5 nitrogen and oxygen atoms in total. The summed E-state index contributed by atoms with van der Waals surface area (Å²) in [5.41, 5.74) is 4.89. The third-order valence-corrected chi connectivity index (χ3v) is 5.23. The number of esters is 1. The van der Waals surface area contributed by atoms with Crippen molar-refractivity contribution in [3.8, 4) is 17.2 Å². The van der Waals surface area contributed by atoms with E-state index in [-0.39, 0.29) is 5.92 Å². The van der Waals surface area contributed by atoms with Crippen molar-refractivity contribution in [2.24, 2.45) is 0 Å². The van der Waals surface area contributed by atoms with E-state index in [0.717, 1.165) is 22.3 Å².